The van der Waals surface area contributed by atoms with E-state index in [4.69, 9.17) is 11.5 Å². The maximum Gasteiger partial charge on any atom is 0.271 e. The number of H-pyrrole nitrogens is 2. The Kier molecular flexibility index (Phi) is 10.3. The van der Waals surface area contributed by atoms with Gasteiger partial charge in [0, 0.05) is 50.1 Å². The molecule has 1 aliphatic carbocycles. The Balaban J connectivity index is 0.00000400. The SMILES string of the molecule is Cl.NC[C@H]1CC[C@H](C(=O)N(C(=O)[C@@H](N)Cc2cccc(-c3cnc(N4CCNCC4)nc3)c2)c2ccc3c(=O)[nH][nH]c3c2)CC1. The van der Waals surface area contributed by atoms with E-state index < -0.39 is 11.9 Å². The summed E-state index contributed by atoms with van der Waals surface area (Å²) in [5.41, 5.74) is 15.7. The first-order chi connectivity index (χ1) is 21.4. The highest BCUT2D eigenvalue weighted by Gasteiger charge is 2.35. The van der Waals surface area contributed by atoms with Gasteiger partial charge in [0.15, 0.2) is 0 Å². The third-order valence-electron chi connectivity index (χ3n) is 8.86. The van der Waals surface area contributed by atoms with Crippen LogP contribution in [-0.2, 0) is 16.0 Å². The van der Waals surface area contributed by atoms with E-state index in [9.17, 15) is 14.4 Å². The topological polar surface area (TPSA) is 179 Å². The number of piperazine rings is 1. The molecule has 1 aliphatic heterocycles. The second kappa shape index (κ2) is 14.3. The lowest BCUT2D eigenvalue weighted by molar-refractivity contribution is -0.130. The van der Waals surface area contributed by atoms with Gasteiger partial charge in [-0.2, -0.15) is 0 Å². The highest BCUT2D eigenvalue weighted by molar-refractivity contribution is 6.17. The van der Waals surface area contributed by atoms with Gasteiger partial charge in [-0.15, -0.1) is 12.4 Å². The largest absolute Gasteiger partial charge is 0.338 e. The van der Waals surface area contributed by atoms with Gasteiger partial charge in [-0.1, -0.05) is 24.3 Å². The summed E-state index contributed by atoms with van der Waals surface area (Å²) in [7, 11) is 0. The number of aromatic amines is 2. The van der Waals surface area contributed by atoms with Crippen molar-refractivity contribution in [2.24, 2.45) is 23.3 Å². The normalized spacial score (nSPS) is 19.1. The molecule has 2 fully saturated rings. The van der Waals surface area contributed by atoms with Crippen molar-refractivity contribution in [1.29, 1.82) is 0 Å². The van der Waals surface area contributed by atoms with Crippen LogP contribution in [0.5, 0.6) is 0 Å². The van der Waals surface area contributed by atoms with Crippen molar-refractivity contribution in [3.63, 3.8) is 0 Å². The average molecular weight is 634 g/mol. The molecule has 1 atom stereocenters. The summed E-state index contributed by atoms with van der Waals surface area (Å²) in [5, 5.41) is 9.15. The molecule has 1 saturated heterocycles. The number of anilines is 2. The van der Waals surface area contributed by atoms with Crippen LogP contribution >= 0.6 is 12.4 Å². The predicted molar refractivity (Wildman–Crippen MR) is 177 cm³/mol. The smallest absolute Gasteiger partial charge is 0.271 e. The van der Waals surface area contributed by atoms with Crippen molar-refractivity contribution in [3.05, 3.63) is 70.8 Å². The molecule has 2 aromatic heterocycles. The molecule has 13 heteroatoms. The summed E-state index contributed by atoms with van der Waals surface area (Å²) in [6, 6.07) is 11.7. The lowest BCUT2D eigenvalue weighted by atomic mass is 9.81. The monoisotopic (exact) mass is 633 g/mol. The van der Waals surface area contributed by atoms with E-state index in [1.165, 1.54) is 4.90 Å². The zero-order chi connectivity index (χ0) is 30.6. The van der Waals surface area contributed by atoms with Crippen LogP contribution in [0.25, 0.3) is 22.0 Å². The molecule has 0 bridgehead atoms. The van der Waals surface area contributed by atoms with E-state index in [1.807, 2.05) is 36.7 Å². The molecule has 6 rings (SSSR count). The molecule has 0 spiro atoms. The zero-order valence-corrected chi connectivity index (χ0v) is 25.9. The van der Waals surface area contributed by atoms with Gasteiger partial charge < -0.3 is 21.7 Å². The summed E-state index contributed by atoms with van der Waals surface area (Å²) >= 11 is 0. The van der Waals surface area contributed by atoms with Crippen LogP contribution in [0.3, 0.4) is 0 Å². The van der Waals surface area contributed by atoms with Crippen LogP contribution in [0, 0.1) is 11.8 Å². The van der Waals surface area contributed by atoms with Crippen molar-refractivity contribution >= 4 is 46.8 Å². The van der Waals surface area contributed by atoms with Crippen LogP contribution in [-0.4, -0.2) is 70.7 Å². The molecule has 0 unspecified atom stereocenters. The molecule has 4 aromatic rings. The van der Waals surface area contributed by atoms with Gasteiger partial charge in [0.05, 0.1) is 22.6 Å². The molecular weight excluding hydrogens is 594 g/mol. The van der Waals surface area contributed by atoms with E-state index >= 15 is 0 Å². The van der Waals surface area contributed by atoms with Gasteiger partial charge in [0.25, 0.3) is 11.5 Å². The van der Waals surface area contributed by atoms with Crippen molar-refractivity contribution < 1.29 is 9.59 Å². The highest BCUT2D eigenvalue weighted by atomic mass is 35.5. The van der Waals surface area contributed by atoms with Gasteiger partial charge in [-0.25, -0.2) is 14.9 Å². The minimum atomic E-state index is -0.970. The van der Waals surface area contributed by atoms with Crippen molar-refractivity contribution in [2.45, 2.75) is 38.1 Å². The number of fused-ring (bicyclic) bond motifs is 1. The molecule has 1 saturated carbocycles. The number of aromatic nitrogens is 4. The third-order valence-corrected chi connectivity index (χ3v) is 8.86. The number of hydrogen-bond donors (Lipinski definition) is 5. The van der Waals surface area contributed by atoms with Crippen molar-refractivity contribution in [1.82, 2.24) is 25.5 Å². The van der Waals surface area contributed by atoms with E-state index in [1.54, 1.807) is 18.2 Å². The first kappa shape index (κ1) is 32.3. The summed E-state index contributed by atoms with van der Waals surface area (Å²) in [6.45, 7) is 4.14. The van der Waals surface area contributed by atoms with E-state index in [2.05, 4.69) is 30.4 Å². The second-order valence-electron chi connectivity index (χ2n) is 11.8. The summed E-state index contributed by atoms with van der Waals surface area (Å²) in [6.07, 6.45) is 6.89. The van der Waals surface area contributed by atoms with Gasteiger partial charge in [-0.05, 0) is 73.9 Å². The average Bonchev–Trinajstić information content (AvgIpc) is 3.45. The molecule has 7 N–H and O–H groups in total. The second-order valence-corrected chi connectivity index (χ2v) is 11.8. The lowest BCUT2D eigenvalue weighted by Crippen LogP contribution is -2.50. The Morgan fingerprint density at radius 2 is 1.71 bits per heavy atom. The number of hydrogen-bond acceptors (Lipinski definition) is 9. The maximum absolute atomic E-state index is 14.0. The molecule has 0 radical (unpaired) electrons. The number of amides is 2. The first-order valence-electron chi connectivity index (χ1n) is 15.3. The number of imide groups is 1. The number of benzene rings is 2. The molecule has 3 heterocycles. The number of carbonyl (C=O) groups excluding carboxylic acids is 2. The Bertz CT molecular complexity index is 1680. The number of nitrogens with zero attached hydrogens (tertiary/aromatic N) is 4. The fraction of sp³-hybridized carbons (Fsp3) is 0.406. The molecular formula is C32H40ClN9O3. The Labute approximate surface area is 267 Å². The quantitative estimate of drug-likeness (QED) is 0.195. The third kappa shape index (κ3) is 7.09. The lowest BCUT2D eigenvalue weighted by Gasteiger charge is -2.32. The number of carbonyl (C=O) groups is 2. The van der Waals surface area contributed by atoms with Crippen molar-refractivity contribution in [3.8, 4) is 11.1 Å². The number of nitrogens with one attached hydrogen (secondary N) is 3. The van der Waals surface area contributed by atoms with E-state index in [0.29, 0.717) is 47.8 Å². The standard InChI is InChI=1S/C32H39N9O3.ClH/c33-17-20-4-6-22(7-5-20)30(43)41(25-8-9-26-28(16-25)38-39-29(26)42)31(44)27(34)15-21-2-1-3-23(14-21)24-18-36-32(37-19-24)40-12-10-35-11-13-40;/h1-3,8-9,14,16,18-20,22,27,35H,4-7,10-13,15,17,33-34H2,(H2,38,39,42);1H/t20-,22-,27-;/m0./s1. The molecule has 2 aliphatic rings. The van der Waals surface area contributed by atoms with E-state index in [0.717, 1.165) is 55.7 Å². The van der Waals surface area contributed by atoms with Gasteiger partial charge in [0.1, 0.15) is 0 Å². The van der Waals surface area contributed by atoms with Gasteiger partial charge >= 0.3 is 0 Å². The maximum atomic E-state index is 14.0. The minimum Gasteiger partial charge on any atom is -0.338 e. The summed E-state index contributed by atoms with van der Waals surface area (Å²) in [4.78, 5) is 52.6. The molecule has 2 amide bonds. The predicted octanol–water partition coefficient (Wildman–Crippen LogP) is 2.34. The summed E-state index contributed by atoms with van der Waals surface area (Å²) in [5.74, 6) is 0.0447. The molecule has 238 valence electrons. The van der Waals surface area contributed by atoms with Crippen LogP contribution in [0.15, 0.2) is 59.7 Å². The fourth-order valence-electron chi connectivity index (χ4n) is 6.24. The Morgan fingerprint density at radius 1 is 0.978 bits per heavy atom. The number of rotatable bonds is 8. The fourth-order valence-corrected chi connectivity index (χ4v) is 6.24. The molecule has 12 nitrogen and oxygen atoms in total. The van der Waals surface area contributed by atoms with Crippen LogP contribution < -0.4 is 32.1 Å². The zero-order valence-electron chi connectivity index (χ0n) is 25.1. The highest BCUT2D eigenvalue weighted by Crippen LogP contribution is 2.32. The summed E-state index contributed by atoms with van der Waals surface area (Å²) < 4.78 is 0. The Hall–Kier alpha value is -4.10. The van der Waals surface area contributed by atoms with Gasteiger partial charge in [0.2, 0.25) is 11.9 Å². The number of nitrogens with two attached hydrogens (primary N) is 2. The minimum absolute atomic E-state index is 0. The van der Waals surface area contributed by atoms with Gasteiger partial charge in [-0.3, -0.25) is 24.6 Å². The van der Waals surface area contributed by atoms with Crippen LogP contribution in [0.1, 0.15) is 31.2 Å². The first-order valence-corrected chi connectivity index (χ1v) is 15.3. The van der Waals surface area contributed by atoms with Crippen LogP contribution in [0.2, 0.25) is 0 Å². The van der Waals surface area contributed by atoms with Crippen LogP contribution in [0.4, 0.5) is 11.6 Å². The number of halogens is 1. The van der Waals surface area contributed by atoms with Crippen molar-refractivity contribution in [2.75, 3.05) is 42.5 Å². The molecule has 45 heavy (non-hydrogen) atoms. The molecule has 2 aromatic carbocycles. The Morgan fingerprint density at radius 3 is 2.42 bits per heavy atom. The van der Waals surface area contributed by atoms with E-state index in [-0.39, 0.29) is 36.2 Å².